The predicted octanol–water partition coefficient (Wildman–Crippen LogP) is 3.98. The van der Waals surface area contributed by atoms with E-state index >= 15 is 0 Å². The number of hydrogen-bond donors (Lipinski definition) is 1. The highest BCUT2D eigenvalue weighted by molar-refractivity contribution is 7.99. The van der Waals surface area contributed by atoms with Gasteiger partial charge in [-0.1, -0.05) is 11.6 Å². The fourth-order valence-corrected chi connectivity index (χ4v) is 3.36. The molecule has 2 rings (SSSR count). The second-order valence-electron chi connectivity index (χ2n) is 2.61. The summed E-state index contributed by atoms with van der Waals surface area (Å²) in [5.74, 6) is 0.228. The summed E-state index contributed by atoms with van der Waals surface area (Å²) in [7, 11) is 0. The molecule has 0 bridgehead atoms. The van der Waals surface area contributed by atoms with E-state index in [1.165, 1.54) is 0 Å². The van der Waals surface area contributed by atoms with E-state index < -0.39 is 0 Å². The number of benzene rings is 1. The van der Waals surface area contributed by atoms with Crippen molar-refractivity contribution in [2.45, 2.75) is 4.90 Å². The van der Waals surface area contributed by atoms with Gasteiger partial charge >= 0.3 is 0 Å². The Morgan fingerprint density at radius 2 is 2.23 bits per heavy atom. The molecule has 1 heterocycles. The fourth-order valence-electron chi connectivity index (χ4n) is 1.22. The Hall–Kier alpha value is -0.380. The maximum absolute atomic E-state index is 9.36. The van der Waals surface area contributed by atoms with Gasteiger partial charge in [0.15, 0.2) is 0 Å². The van der Waals surface area contributed by atoms with Crippen molar-refractivity contribution in [3.63, 3.8) is 0 Å². The fraction of sp³-hybridized carbons (Fsp3) is 0.111. The molecule has 0 radical (unpaired) electrons. The van der Waals surface area contributed by atoms with Crippen LogP contribution in [0.3, 0.4) is 0 Å². The van der Waals surface area contributed by atoms with Crippen LogP contribution in [0.2, 0.25) is 5.02 Å². The Morgan fingerprint density at radius 3 is 2.92 bits per heavy atom. The van der Waals surface area contributed by atoms with Crippen LogP contribution in [0.5, 0.6) is 5.75 Å². The van der Waals surface area contributed by atoms with E-state index in [0.717, 1.165) is 15.0 Å². The SMILES string of the molecule is CSc1csc2c(Cl)cc(O)cc12. The molecule has 1 aromatic carbocycles. The molecule has 0 saturated heterocycles. The van der Waals surface area contributed by atoms with Crippen LogP contribution in [0.1, 0.15) is 0 Å². The van der Waals surface area contributed by atoms with E-state index in [2.05, 4.69) is 5.38 Å². The topological polar surface area (TPSA) is 20.2 Å². The van der Waals surface area contributed by atoms with Crippen molar-refractivity contribution in [2.75, 3.05) is 6.26 Å². The summed E-state index contributed by atoms with van der Waals surface area (Å²) >= 11 is 9.25. The average molecular weight is 231 g/mol. The Labute approximate surface area is 89.3 Å². The third kappa shape index (κ3) is 1.52. The van der Waals surface area contributed by atoms with Crippen LogP contribution in [-0.2, 0) is 0 Å². The number of phenols is 1. The number of thioether (sulfide) groups is 1. The molecule has 1 N–H and O–H groups in total. The molecule has 0 saturated carbocycles. The number of aromatic hydroxyl groups is 1. The number of fused-ring (bicyclic) bond motifs is 1. The van der Waals surface area contributed by atoms with Gasteiger partial charge in [0.25, 0.3) is 0 Å². The van der Waals surface area contributed by atoms with Gasteiger partial charge < -0.3 is 5.11 Å². The molecule has 4 heteroatoms. The third-order valence-electron chi connectivity index (χ3n) is 1.80. The molecule has 0 aliphatic heterocycles. The summed E-state index contributed by atoms with van der Waals surface area (Å²) in [5, 5.41) is 13.1. The zero-order valence-corrected chi connectivity index (χ0v) is 9.26. The van der Waals surface area contributed by atoms with Crippen LogP contribution in [0.25, 0.3) is 10.1 Å². The molecular weight excluding hydrogens is 224 g/mol. The minimum Gasteiger partial charge on any atom is -0.508 e. The van der Waals surface area contributed by atoms with Gasteiger partial charge in [-0.25, -0.2) is 0 Å². The molecule has 0 unspecified atom stereocenters. The van der Waals surface area contributed by atoms with Crippen LogP contribution < -0.4 is 0 Å². The second kappa shape index (κ2) is 3.40. The number of phenolic OH excluding ortho intramolecular Hbond substituents is 1. The first-order chi connectivity index (χ1) is 6.22. The quantitative estimate of drug-likeness (QED) is 0.748. The van der Waals surface area contributed by atoms with Crippen LogP contribution in [0, 0.1) is 0 Å². The zero-order valence-electron chi connectivity index (χ0n) is 6.87. The lowest BCUT2D eigenvalue weighted by Gasteiger charge is -1.97. The lowest BCUT2D eigenvalue weighted by Crippen LogP contribution is -1.69. The van der Waals surface area contributed by atoms with Gasteiger partial charge in [-0.3, -0.25) is 0 Å². The van der Waals surface area contributed by atoms with Crippen molar-refractivity contribution in [3.8, 4) is 5.75 Å². The van der Waals surface area contributed by atoms with Gasteiger partial charge in [0.1, 0.15) is 5.75 Å². The van der Waals surface area contributed by atoms with Crippen LogP contribution in [0.15, 0.2) is 22.4 Å². The predicted molar refractivity (Wildman–Crippen MR) is 60.3 cm³/mol. The van der Waals surface area contributed by atoms with E-state index in [-0.39, 0.29) is 5.75 Å². The molecule has 0 fully saturated rings. The number of halogens is 1. The van der Waals surface area contributed by atoms with Crippen molar-refractivity contribution < 1.29 is 5.11 Å². The van der Waals surface area contributed by atoms with E-state index in [1.807, 2.05) is 6.26 Å². The van der Waals surface area contributed by atoms with E-state index in [9.17, 15) is 5.11 Å². The summed E-state index contributed by atoms with van der Waals surface area (Å²) in [6, 6.07) is 3.33. The minimum atomic E-state index is 0.228. The average Bonchev–Trinajstić information content (AvgIpc) is 2.47. The van der Waals surface area contributed by atoms with Crippen LogP contribution in [0.4, 0.5) is 0 Å². The number of hydrogen-bond acceptors (Lipinski definition) is 3. The minimum absolute atomic E-state index is 0.228. The molecule has 13 heavy (non-hydrogen) atoms. The van der Waals surface area contributed by atoms with Crippen molar-refractivity contribution >= 4 is 44.8 Å². The molecule has 0 spiro atoms. The largest absolute Gasteiger partial charge is 0.508 e. The highest BCUT2D eigenvalue weighted by atomic mass is 35.5. The highest BCUT2D eigenvalue weighted by Crippen LogP contribution is 2.38. The molecule has 0 atom stereocenters. The molecule has 0 aliphatic rings. The molecule has 0 aliphatic carbocycles. The Bertz CT molecular complexity index is 450. The van der Waals surface area contributed by atoms with E-state index in [1.54, 1.807) is 35.2 Å². The van der Waals surface area contributed by atoms with E-state index in [4.69, 9.17) is 11.6 Å². The van der Waals surface area contributed by atoms with Gasteiger partial charge in [-0.05, 0) is 18.4 Å². The summed E-state index contributed by atoms with van der Waals surface area (Å²) in [5.41, 5.74) is 0. The lowest BCUT2D eigenvalue weighted by atomic mass is 10.2. The normalized spacial score (nSPS) is 10.9. The Kier molecular flexibility index (Phi) is 2.41. The molecule has 0 amide bonds. The zero-order chi connectivity index (χ0) is 9.42. The first kappa shape index (κ1) is 9.19. The molecule has 1 nitrogen and oxygen atoms in total. The maximum Gasteiger partial charge on any atom is 0.117 e. The summed E-state index contributed by atoms with van der Waals surface area (Å²) in [6.45, 7) is 0. The molecule has 2 aromatic rings. The van der Waals surface area contributed by atoms with Crippen molar-refractivity contribution in [1.29, 1.82) is 0 Å². The summed E-state index contributed by atoms with van der Waals surface area (Å²) in [4.78, 5) is 1.16. The van der Waals surface area contributed by atoms with Crippen molar-refractivity contribution in [2.24, 2.45) is 0 Å². The maximum atomic E-state index is 9.36. The molecular formula is C9H7ClOS2. The Morgan fingerprint density at radius 1 is 1.46 bits per heavy atom. The number of thiophene rings is 1. The van der Waals surface area contributed by atoms with Gasteiger partial charge in [0, 0.05) is 15.7 Å². The molecule has 68 valence electrons. The first-order valence-electron chi connectivity index (χ1n) is 3.66. The molecule has 1 aromatic heterocycles. The third-order valence-corrected chi connectivity index (χ3v) is 4.16. The monoisotopic (exact) mass is 230 g/mol. The van der Waals surface area contributed by atoms with E-state index in [0.29, 0.717) is 5.02 Å². The van der Waals surface area contributed by atoms with Crippen LogP contribution in [-0.4, -0.2) is 11.4 Å². The summed E-state index contributed by atoms with van der Waals surface area (Å²) in [6.07, 6.45) is 2.01. The highest BCUT2D eigenvalue weighted by Gasteiger charge is 2.07. The second-order valence-corrected chi connectivity index (χ2v) is 4.74. The van der Waals surface area contributed by atoms with Gasteiger partial charge in [0.2, 0.25) is 0 Å². The standard InChI is InChI=1S/C9H7ClOS2/c1-12-8-4-13-9-6(8)2-5(11)3-7(9)10/h2-4,11H,1H3. The summed E-state index contributed by atoms with van der Waals surface area (Å²) < 4.78 is 1.05. The first-order valence-corrected chi connectivity index (χ1v) is 6.14. The lowest BCUT2D eigenvalue weighted by molar-refractivity contribution is 0.476. The van der Waals surface area contributed by atoms with Gasteiger partial charge in [0.05, 0.1) is 9.72 Å². The van der Waals surface area contributed by atoms with Crippen molar-refractivity contribution in [1.82, 2.24) is 0 Å². The van der Waals surface area contributed by atoms with Gasteiger partial charge in [-0.15, -0.1) is 23.1 Å². The van der Waals surface area contributed by atoms with Crippen LogP contribution >= 0.6 is 34.7 Å². The smallest absolute Gasteiger partial charge is 0.117 e. The number of rotatable bonds is 1. The van der Waals surface area contributed by atoms with Crippen molar-refractivity contribution in [3.05, 3.63) is 22.5 Å². The Balaban J connectivity index is 2.82. The van der Waals surface area contributed by atoms with Gasteiger partial charge in [-0.2, -0.15) is 0 Å².